The van der Waals surface area contributed by atoms with E-state index < -0.39 is 6.04 Å². The fraction of sp³-hybridized carbons (Fsp3) is 0.500. The highest BCUT2D eigenvalue weighted by molar-refractivity contribution is 14.1. The van der Waals surface area contributed by atoms with Crippen LogP contribution in [0.2, 0.25) is 5.15 Å². The number of hydrogen-bond donors (Lipinski definition) is 1. The van der Waals surface area contributed by atoms with E-state index in [-0.39, 0.29) is 16.6 Å². The molecule has 0 saturated carbocycles. The van der Waals surface area contributed by atoms with Crippen molar-refractivity contribution in [3.8, 4) is 0 Å². The van der Waals surface area contributed by atoms with Gasteiger partial charge in [0.05, 0.1) is 6.33 Å². The molecule has 5 nitrogen and oxygen atoms in total. The summed E-state index contributed by atoms with van der Waals surface area (Å²) in [6.45, 7) is 4.21. The molecule has 1 aromatic heterocycles. The minimum atomic E-state index is -0.590. The molecule has 1 rings (SSSR count). The summed E-state index contributed by atoms with van der Waals surface area (Å²) in [4.78, 5) is 27.4. The maximum atomic E-state index is 11.9. The van der Waals surface area contributed by atoms with E-state index in [2.05, 4.69) is 10.3 Å². The van der Waals surface area contributed by atoms with Crippen LogP contribution in [0.5, 0.6) is 0 Å². The first-order valence-electron chi connectivity index (χ1n) is 5.18. The maximum Gasteiger partial charge on any atom is 0.269 e. The third-order valence-electron chi connectivity index (χ3n) is 2.24. The van der Waals surface area contributed by atoms with E-state index in [0.29, 0.717) is 10.1 Å². The molecule has 0 aliphatic heterocycles. The number of rotatable bonds is 4. The summed E-state index contributed by atoms with van der Waals surface area (Å²) in [7, 11) is 0. The molecule has 0 fully saturated rings. The predicted octanol–water partition coefficient (Wildman–Crippen LogP) is 1.59. The molecule has 1 amide bonds. The highest BCUT2D eigenvalue weighted by Crippen LogP contribution is 2.11. The summed E-state index contributed by atoms with van der Waals surface area (Å²) in [5.41, 5.74) is -0.301. The molecule has 0 saturated heterocycles. The van der Waals surface area contributed by atoms with Crippen molar-refractivity contribution in [2.24, 2.45) is 0 Å². The molecule has 94 valence electrons. The monoisotopic (exact) mass is 369 g/mol. The highest BCUT2D eigenvalue weighted by Gasteiger charge is 2.17. The average Bonchev–Trinajstić information content (AvgIpc) is 2.32. The lowest BCUT2D eigenvalue weighted by Crippen LogP contribution is -2.37. The van der Waals surface area contributed by atoms with Gasteiger partial charge in [-0.3, -0.25) is 14.2 Å². The second-order valence-corrected chi connectivity index (χ2v) is 4.97. The Labute approximate surface area is 118 Å². The molecule has 0 aliphatic carbocycles. The number of aromatic nitrogens is 2. The Hall–Kier alpha value is -0.630. The van der Waals surface area contributed by atoms with Crippen molar-refractivity contribution in [1.29, 1.82) is 0 Å². The topological polar surface area (TPSA) is 64.0 Å². The summed E-state index contributed by atoms with van der Waals surface area (Å²) in [6.07, 6.45) is 2.15. The van der Waals surface area contributed by atoms with Crippen LogP contribution in [0, 0.1) is 3.57 Å². The van der Waals surface area contributed by atoms with Gasteiger partial charge in [-0.2, -0.15) is 0 Å². The number of amides is 1. The minimum absolute atomic E-state index is 0.160. The highest BCUT2D eigenvalue weighted by atomic mass is 127. The van der Waals surface area contributed by atoms with Gasteiger partial charge in [0.25, 0.3) is 5.56 Å². The molecule has 7 heteroatoms. The van der Waals surface area contributed by atoms with Gasteiger partial charge in [0, 0.05) is 6.54 Å². The molecule has 0 aliphatic rings. The van der Waals surface area contributed by atoms with Crippen molar-refractivity contribution in [2.45, 2.75) is 26.3 Å². The van der Waals surface area contributed by atoms with E-state index in [9.17, 15) is 9.59 Å². The smallest absolute Gasteiger partial charge is 0.269 e. The quantitative estimate of drug-likeness (QED) is 0.647. The zero-order valence-corrected chi connectivity index (χ0v) is 12.4. The summed E-state index contributed by atoms with van der Waals surface area (Å²) in [6, 6.07) is -0.590. The minimum Gasteiger partial charge on any atom is -0.354 e. The van der Waals surface area contributed by atoms with Crippen LogP contribution in [0.3, 0.4) is 0 Å². The van der Waals surface area contributed by atoms with Crippen LogP contribution >= 0.6 is 34.2 Å². The van der Waals surface area contributed by atoms with Crippen LogP contribution in [0.4, 0.5) is 0 Å². The molecule has 1 unspecified atom stereocenters. The van der Waals surface area contributed by atoms with Gasteiger partial charge in [-0.25, -0.2) is 4.98 Å². The van der Waals surface area contributed by atoms with Crippen molar-refractivity contribution in [1.82, 2.24) is 14.9 Å². The number of carbonyl (C=O) groups excluding carboxylic acids is 1. The molecule has 1 aromatic rings. The summed E-state index contributed by atoms with van der Waals surface area (Å²) in [5, 5.41) is 2.89. The number of nitrogens with one attached hydrogen (secondary N) is 1. The molecular weight excluding hydrogens is 356 g/mol. The van der Waals surface area contributed by atoms with Crippen LogP contribution in [-0.4, -0.2) is 22.0 Å². The second-order valence-electron chi connectivity index (χ2n) is 3.53. The van der Waals surface area contributed by atoms with Gasteiger partial charge in [-0.05, 0) is 35.9 Å². The molecule has 0 spiro atoms. The zero-order valence-electron chi connectivity index (χ0n) is 9.54. The fourth-order valence-corrected chi connectivity index (χ4v) is 1.76. The SMILES string of the molecule is CCCNC(=O)C(C)n1cnc(Cl)c(I)c1=O. The van der Waals surface area contributed by atoms with Crippen LogP contribution in [0.15, 0.2) is 11.1 Å². The van der Waals surface area contributed by atoms with Crippen LogP contribution in [0.1, 0.15) is 26.3 Å². The van der Waals surface area contributed by atoms with Gasteiger partial charge in [0.15, 0.2) is 0 Å². The van der Waals surface area contributed by atoms with Crippen molar-refractivity contribution >= 4 is 40.1 Å². The molecule has 0 radical (unpaired) electrons. The summed E-state index contributed by atoms with van der Waals surface area (Å²) >= 11 is 7.54. The molecule has 17 heavy (non-hydrogen) atoms. The van der Waals surface area contributed by atoms with Gasteiger partial charge in [-0.1, -0.05) is 18.5 Å². The lowest BCUT2D eigenvalue weighted by Gasteiger charge is -2.14. The standard InChI is InChI=1S/C10H13ClIN3O2/c1-3-4-13-9(16)6(2)15-5-14-8(11)7(12)10(15)17/h5-6H,3-4H2,1-2H3,(H,13,16). The van der Waals surface area contributed by atoms with Crippen molar-refractivity contribution < 1.29 is 4.79 Å². The van der Waals surface area contributed by atoms with Gasteiger partial charge < -0.3 is 5.32 Å². The maximum absolute atomic E-state index is 11.9. The van der Waals surface area contributed by atoms with Gasteiger partial charge >= 0.3 is 0 Å². The Bertz CT molecular complexity index is 475. The van der Waals surface area contributed by atoms with Crippen LogP contribution in [-0.2, 0) is 4.79 Å². The van der Waals surface area contributed by atoms with Gasteiger partial charge in [-0.15, -0.1) is 0 Å². The fourth-order valence-electron chi connectivity index (χ4n) is 1.22. The summed E-state index contributed by atoms with van der Waals surface area (Å²) < 4.78 is 1.60. The van der Waals surface area contributed by atoms with E-state index in [0.717, 1.165) is 6.42 Å². The lowest BCUT2D eigenvalue weighted by atomic mass is 10.3. The van der Waals surface area contributed by atoms with E-state index >= 15 is 0 Å². The first-order valence-corrected chi connectivity index (χ1v) is 6.64. The van der Waals surface area contributed by atoms with E-state index in [1.165, 1.54) is 10.9 Å². The molecule has 0 bridgehead atoms. The van der Waals surface area contributed by atoms with Crippen LogP contribution in [0.25, 0.3) is 0 Å². The largest absolute Gasteiger partial charge is 0.354 e. The normalized spacial score (nSPS) is 12.2. The van der Waals surface area contributed by atoms with E-state index in [4.69, 9.17) is 11.6 Å². The van der Waals surface area contributed by atoms with Crippen LogP contribution < -0.4 is 10.9 Å². The number of halogens is 2. The number of carbonyl (C=O) groups is 1. The molecule has 1 heterocycles. The third kappa shape index (κ3) is 3.41. The first-order chi connectivity index (χ1) is 7.99. The van der Waals surface area contributed by atoms with Crippen molar-refractivity contribution in [2.75, 3.05) is 6.54 Å². The Kier molecular flexibility index (Phi) is 5.38. The lowest BCUT2D eigenvalue weighted by molar-refractivity contribution is -0.123. The molecule has 1 atom stereocenters. The zero-order chi connectivity index (χ0) is 13.0. The van der Waals surface area contributed by atoms with Gasteiger partial charge in [0.2, 0.25) is 5.91 Å². The van der Waals surface area contributed by atoms with E-state index in [1.807, 2.05) is 29.5 Å². The Morgan fingerprint density at radius 1 is 1.71 bits per heavy atom. The summed E-state index contributed by atoms with van der Waals surface area (Å²) in [5.74, 6) is -0.200. The Morgan fingerprint density at radius 2 is 2.35 bits per heavy atom. The van der Waals surface area contributed by atoms with Gasteiger partial charge in [0.1, 0.15) is 14.8 Å². The molecule has 1 N–H and O–H groups in total. The van der Waals surface area contributed by atoms with Crippen molar-refractivity contribution in [3.63, 3.8) is 0 Å². The van der Waals surface area contributed by atoms with E-state index in [1.54, 1.807) is 6.92 Å². The Morgan fingerprint density at radius 3 is 2.94 bits per heavy atom. The number of nitrogens with zero attached hydrogens (tertiary/aromatic N) is 2. The molecule has 0 aromatic carbocycles. The first kappa shape index (κ1) is 14.4. The molecular formula is C10H13ClIN3O2. The Balaban J connectivity index is 2.97. The second kappa shape index (κ2) is 6.34. The third-order valence-corrected chi connectivity index (χ3v) is 3.82. The predicted molar refractivity (Wildman–Crippen MR) is 74.2 cm³/mol. The van der Waals surface area contributed by atoms with Crippen molar-refractivity contribution in [3.05, 3.63) is 25.4 Å². The number of hydrogen-bond acceptors (Lipinski definition) is 3. The average molecular weight is 370 g/mol.